The summed E-state index contributed by atoms with van der Waals surface area (Å²) < 4.78 is 22.7. The van der Waals surface area contributed by atoms with E-state index in [1.54, 1.807) is 20.0 Å². The van der Waals surface area contributed by atoms with E-state index in [4.69, 9.17) is 5.84 Å². The van der Waals surface area contributed by atoms with Crippen molar-refractivity contribution in [3.63, 3.8) is 0 Å². The Morgan fingerprint density at radius 1 is 1.37 bits per heavy atom. The molecule has 1 unspecified atom stereocenters. The first kappa shape index (κ1) is 15.9. The van der Waals surface area contributed by atoms with Gasteiger partial charge in [-0.3, -0.25) is 11.3 Å². The maximum atomic E-state index is 11.9. The molecule has 1 aromatic rings. The molecule has 1 heterocycles. The summed E-state index contributed by atoms with van der Waals surface area (Å²) in [5.41, 5.74) is 3.32. The van der Waals surface area contributed by atoms with Gasteiger partial charge in [-0.05, 0) is 25.5 Å². The van der Waals surface area contributed by atoms with Crippen LogP contribution in [-0.2, 0) is 9.84 Å². The fraction of sp³-hybridized carbons (Fsp3) is 0.583. The van der Waals surface area contributed by atoms with Crippen molar-refractivity contribution in [1.29, 1.82) is 0 Å². The van der Waals surface area contributed by atoms with Crippen molar-refractivity contribution in [3.8, 4) is 0 Å². The molecule has 0 aliphatic rings. The summed E-state index contributed by atoms with van der Waals surface area (Å²) in [5, 5.41) is 0. The highest BCUT2D eigenvalue weighted by Crippen LogP contribution is 2.31. The second-order valence-electron chi connectivity index (χ2n) is 5.32. The van der Waals surface area contributed by atoms with E-state index in [0.29, 0.717) is 0 Å². The lowest BCUT2D eigenvalue weighted by Crippen LogP contribution is -2.47. The minimum absolute atomic E-state index is 0.522. The van der Waals surface area contributed by atoms with E-state index in [1.807, 2.05) is 31.1 Å². The van der Waals surface area contributed by atoms with Gasteiger partial charge in [0.1, 0.15) is 5.82 Å². The number of aromatic nitrogens is 1. The molecule has 1 aromatic heterocycles. The first-order valence-electron chi connectivity index (χ1n) is 5.90. The van der Waals surface area contributed by atoms with Crippen molar-refractivity contribution < 1.29 is 8.42 Å². The number of pyridine rings is 1. The van der Waals surface area contributed by atoms with Crippen molar-refractivity contribution in [1.82, 2.24) is 10.4 Å². The lowest BCUT2D eigenvalue weighted by atomic mass is 9.97. The molecule has 0 bridgehead atoms. The average molecular weight is 286 g/mol. The SMILES string of the molecule is CN(C)c1ccc(C(NN)C(C)(C)S(C)(=O)=O)cn1. The van der Waals surface area contributed by atoms with Crippen LogP contribution in [0.1, 0.15) is 25.5 Å². The molecule has 6 nitrogen and oxygen atoms in total. The number of nitrogens with two attached hydrogens (primary N) is 1. The third-order valence-corrected chi connectivity index (χ3v) is 5.53. The van der Waals surface area contributed by atoms with Gasteiger partial charge in [0, 0.05) is 26.5 Å². The van der Waals surface area contributed by atoms with Gasteiger partial charge in [-0.15, -0.1) is 0 Å². The third-order valence-electron chi connectivity index (χ3n) is 3.38. The van der Waals surface area contributed by atoms with Gasteiger partial charge in [0.25, 0.3) is 0 Å². The average Bonchev–Trinajstić information content (AvgIpc) is 2.28. The Morgan fingerprint density at radius 3 is 2.26 bits per heavy atom. The third kappa shape index (κ3) is 3.23. The highest BCUT2D eigenvalue weighted by atomic mass is 32.2. The Balaban J connectivity index is 3.18. The zero-order chi connectivity index (χ0) is 14.8. The van der Waals surface area contributed by atoms with Gasteiger partial charge in [-0.25, -0.2) is 13.4 Å². The lowest BCUT2D eigenvalue weighted by Gasteiger charge is -2.32. The van der Waals surface area contributed by atoms with Crippen molar-refractivity contribution in [2.24, 2.45) is 5.84 Å². The molecule has 0 amide bonds. The van der Waals surface area contributed by atoms with E-state index in [1.165, 1.54) is 6.26 Å². The number of sulfone groups is 1. The number of hydrogen-bond donors (Lipinski definition) is 2. The zero-order valence-corrected chi connectivity index (χ0v) is 12.8. The fourth-order valence-corrected chi connectivity index (χ4v) is 2.38. The summed E-state index contributed by atoms with van der Waals surface area (Å²) in [7, 11) is 0.511. The highest BCUT2D eigenvalue weighted by molar-refractivity contribution is 7.92. The molecule has 7 heteroatoms. The molecule has 1 rings (SSSR count). The molecule has 0 aliphatic carbocycles. The minimum Gasteiger partial charge on any atom is -0.363 e. The van der Waals surface area contributed by atoms with E-state index in [0.717, 1.165) is 11.4 Å². The van der Waals surface area contributed by atoms with Crippen molar-refractivity contribution in [2.75, 3.05) is 25.3 Å². The quantitative estimate of drug-likeness (QED) is 0.604. The summed E-state index contributed by atoms with van der Waals surface area (Å²) in [6.45, 7) is 3.29. The van der Waals surface area contributed by atoms with Crippen LogP contribution in [-0.4, -0.2) is 38.5 Å². The summed E-state index contributed by atoms with van der Waals surface area (Å²) in [4.78, 5) is 6.15. The molecule has 3 N–H and O–H groups in total. The highest BCUT2D eigenvalue weighted by Gasteiger charge is 2.39. The fourth-order valence-electron chi connectivity index (χ4n) is 1.75. The molecule has 1 atom stereocenters. The van der Waals surface area contributed by atoms with Crippen LogP contribution in [0.25, 0.3) is 0 Å². The Morgan fingerprint density at radius 2 is 1.95 bits per heavy atom. The molecule has 108 valence electrons. The van der Waals surface area contributed by atoms with Crippen molar-refractivity contribution in [3.05, 3.63) is 23.9 Å². The summed E-state index contributed by atoms with van der Waals surface area (Å²) in [5.74, 6) is 6.34. The maximum Gasteiger partial charge on any atom is 0.154 e. The van der Waals surface area contributed by atoms with E-state index in [9.17, 15) is 8.42 Å². The van der Waals surface area contributed by atoms with Gasteiger partial charge in [0.15, 0.2) is 9.84 Å². The number of nitrogens with zero attached hydrogens (tertiary/aromatic N) is 2. The number of nitrogens with one attached hydrogen (secondary N) is 1. The molecular formula is C12H22N4O2S. The molecule has 19 heavy (non-hydrogen) atoms. The first-order valence-corrected chi connectivity index (χ1v) is 7.79. The van der Waals surface area contributed by atoms with Crippen LogP contribution < -0.4 is 16.2 Å². The summed E-state index contributed by atoms with van der Waals surface area (Å²) in [6.07, 6.45) is 2.85. The number of anilines is 1. The van der Waals surface area contributed by atoms with E-state index in [2.05, 4.69) is 10.4 Å². The maximum absolute atomic E-state index is 11.9. The molecule has 0 aromatic carbocycles. The molecule has 0 aliphatic heterocycles. The topological polar surface area (TPSA) is 88.3 Å². The Labute approximate surface area is 114 Å². The van der Waals surface area contributed by atoms with Gasteiger partial charge >= 0.3 is 0 Å². The monoisotopic (exact) mass is 286 g/mol. The predicted octanol–water partition coefficient (Wildman–Crippen LogP) is 0.475. The zero-order valence-electron chi connectivity index (χ0n) is 12.0. The van der Waals surface area contributed by atoms with Crippen LogP contribution in [0.3, 0.4) is 0 Å². The van der Waals surface area contributed by atoms with E-state index >= 15 is 0 Å². The second kappa shape index (κ2) is 5.44. The van der Waals surface area contributed by atoms with E-state index < -0.39 is 20.6 Å². The summed E-state index contributed by atoms with van der Waals surface area (Å²) in [6, 6.07) is 3.14. The van der Waals surface area contributed by atoms with Gasteiger partial charge in [-0.1, -0.05) is 6.07 Å². The molecule has 0 saturated carbocycles. The predicted molar refractivity (Wildman–Crippen MR) is 77.6 cm³/mol. The number of hydrogen-bond acceptors (Lipinski definition) is 6. The standard InChI is InChI=1S/C12H22N4O2S/c1-12(2,19(5,17)18)11(15-13)9-6-7-10(14-8-9)16(3)4/h6-8,11,15H,13H2,1-5H3. The van der Waals surface area contributed by atoms with Crippen molar-refractivity contribution >= 4 is 15.7 Å². The van der Waals surface area contributed by atoms with Crippen LogP contribution in [0.15, 0.2) is 18.3 Å². The Kier molecular flexibility index (Phi) is 4.54. The number of rotatable bonds is 5. The normalized spacial score (nSPS) is 14.2. The number of hydrazine groups is 1. The molecular weight excluding hydrogens is 264 g/mol. The largest absolute Gasteiger partial charge is 0.363 e. The van der Waals surface area contributed by atoms with Crippen molar-refractivity contribution in [2.45, 2.75) is 24.6 Å². The first-order chi connectivity index (χ1) is 8.61. The van der Waals surface area contributed by atoms with Gasteiger partial charge < -0.3 is 4.90 Å². The Hall–Kier alpha value is -1.18. The van der Waals surface area contributed by atoms with Gasteiger partial charge in [0.2, 0.25) is 0 Å². The minimum atomic E-state index is -3.27. The van der Waals surface area contributed by atoms with E-state index in [-0.39, 0.29) is 0 Å². The van der Waals surface area contributed by atoms with Crippen LogP contribution in [0.4, 0.5) is 5.82 Å². The smallest absolute Gasteiger partial charge is 0.154 e. The van der Waals surface area contributed by atoms with Crippen LogP contribution in [0, 0.1) is 0 Å². The van der Waals surface area contributed by atoms with Gasteiger partial charge in [-0.2, -0.15) is 0 Å². The van der Waals surface area contributed by atoms with Crippen LogP contribution in [0.2, 0.25) is 0 Å². The van der Waals surface area contributed by atoms with Gasteiger partial charge in [0.05, 0.1) is 10.8 Å². The molecule has 0 saturated heterocycles. The van der Waals surface area contributed by atoms with Crippen LogP contribution >= 0.6 is 0 Å². The molecule has 0 spiro atoms. The van der Waals surface area contributed by atoms with Crippen LogP contribution in [0.5, 0.6) is 0 Å². The molecule has 0 radical (unpaired) electrons. The second-order valence-corrected chi connectivity index (χ2v) is 7.92. The lowest BCUT2D eigenvalue weighted by molar-refractivity contribution is 0.427. The Bertz CT molecular complexity index is 523. The molecule has 0 fully saturated rings. The summed E-state index contributed by atoms with van der Waals surface area (Å²) >= 11 is 0.